The lowest BCUT2D eigenvalue weighted by Crippen LogP contribution is -2.49. The molecule has 1 aromatic heterocycles. The van der Waals surface area contributed by atoms with Crippen LogP contribution in [0.15, 0.2) is 24.4 Å². The van der Waals surface area contributed by atoms with Crippen LogP contribution in [0.5, 0.6) is 0 Å². The van der Waals surface area contributed by atoms with E-state index in [0.29, 0.717) is 5.92 Å². The number of H-pyrrole nitrogens is 1. The summed E-state index contributed by atoms with van der Waals surface area (Å²) in [7, 11) is 0. The maximum absolute atomic E-state index is 13.3. The van der Waals surface area contributed by atoms with Crippen LogP contribution in [0.25, 0.3) is 10.9 Å². The van der Waals surface area contributed by atoms with Crippen LogP contribution in [-0.2, 0) is 6.54 Å². The smallest absolute Gasteiger partial charge is 0.254 e. The summed E-state index contributed by atoms with van der Waals surface area (Å²) in [5.41, 5.74) is 3.20. The lowest BCUT2D eigenvalue weighted by atomic mass is 10.0. The molecule has 0 aliphatic carbocycles. The van der Waals surface area contributed by atoms with Crippen LogP contribution >= 0.6 is 0 Å². The van der Waals surface area contributed by atoms with Crippen molar-refractivity contribution in [3.63, 3.8) is 0 Å². The third kappa shape index (κ3) is 4.04. The van der Waals surface area contributed by atoms with Gasteiger partial charge in [-0.3, -0.25) is 14.6 Å². The minimum absolute atomic E-state index is 0.187. The van der Waals surface area contributed by atoms with Crippen molar-refractivity contribution in [3.8, 4) is 0 Å². The Balaban J connectivity index is 1.52. The average Bonchev–Trinajstić information content (AvgIpc) is 3.32. The minimum Gasteiger partial charge on any atom is -0.361 e. The number of carbonyl (C=O) groups is 1. The van der Waals surface area contributed by atoms with Gasteiger partial charge in [0, 0.05) is 61.9 Å². The summed E-state index contributed by atoms with van der Waals surface area (Å²) in [5.74, 6) is 0.862. The number of amides is 1. The van der Waals surface area contributed by atoms with Crippen molar-refractivity contribution in [2.24, 2.45) is 5.92 Å². The van der Waals surface area contributed by atoms with Gasteiger partial charge in [-0.2, -0.15) is 0 Å². The molecule has 0 bridgehead atoms. The molecule has 27 heavy (non-hydrogen) atoms. The number of nitrogens with zero attached hydrogens (tertiary/aromatic N) is 3. The van der Waals surface area contributed by atoms with E-state index in [0.717, 1.165) is 55.7 Å². The Morgan fingerprint density at radius 1 is 1.04 bits per heavy atom. The number of aromatic amines is 1. The zero-order valence-electron chi connectivity index (χ0n) is 16.7. The highest BCUT2D eigenvalue weighted by atomic mass is 16.2. The van der Waals surface area contributed by atoms with Gasteiger partial charge in [0.25, 0.3) is 5.91 Å². The standard InChI is InChI=1S/C22H32N4O/c1-17(2)15-25-10-12-26(13-11-25)22(27)19-6-5-7-20-21(19)18(14-23-20)16-24-8-3-4-9-24/h5-7,14,17,23H,3-4,8-13,15-16H2,1-2H3. The van der Waals surface area contributed by atoms with E-state index in [4.69, 9.17) is 0 Å². The number of carbonyl (C=O) groups excluding carboxylic acids is 1. The molecule has 2 saturated heterocycles. The quantitative estimate of drug-likeness (QED) is 0.881. The highest BCUT2D eigenvalue weighted by molar-refractivity contribution is 6.07. The van der Waals surface area contributed by atoms with Crippen LogP contribution in [0.4, 0.5) is 0 Å². The van der Waals surface area contributed by atoms with E-state index in [1.54, 1.807) is 0 Å². The number of aromatic nitrogens is 1. The number of rotatable bonds is 5. The molecule has 146 valence electrons. The molecule has 1 amide bonds. The molecule has 2 fully saturated rings. The lowest BCUT2D eigenvalue weighted by Gasteiger charge is -2.35. The van der Waals surface area contributed by atoms with Crippen molar-refractivity contribution < 1.29 is 4.79 Å². The molecule has 4 rings (SSSR count). The van der Waals surface area contributed by atoms with E-state index >= 15 is 0 Å². The summed E-state index contributed by atoms with van der Waals surface area (Å²) in [6, 6.07) is 6.09. The van der Waals surface area contributed by atoms with Crippen molar-refractivity contribution in [2.75, 3.05) is 45.8 Å². The number of benzene rings is 1. The van der Waals surface area contributed by atoms with Crippen LogP contribution in [0.1, 0.15) is 42.6 Å². The molecule has 1 aromatic carbocycles. The van der Waals surface area contributed by atoms with E-state index < -0.39 is 0 Å². The third-order valence-corrected chi connectivity index (χ3v) is 5.89. The van der Waals surface area contributed by atoms with Gasteiger partial charge in [0.1, 0.15) is 0 Å². The van der Waals surface area contributed by atoms with E-state index in [-0.39, 0.29) is 5.91 Å². The molecule has 2 aliphatic rings. The first-order chi connectivity index (χ1) is 13.1. The van der Waals surface area contributed by atoms with Gasteiger partial charge in [0.05, 0.1) is 0 Å². The Morgan fingerprint density at radius 3 is 2.48 bits per heavy atom. The van der Waals surface area contributed by atoms with Crippen LogP contribution in [0.2, 0.25) is 0 Å². The highest BCUT2D eigenvalue weighted by Gasteiger charge is 2.25. The van der Waals surface area contributed by atoms with E-state index in [1.165, 1.54) is 31.5 Å². The Kier molecular flexibility index (Phi) is 5.50. The number of piperazine rings is 1. The molecule has 5 heteroatoms. The second-order valence-electron chi connectivity index (χ2n) is 8.51. The Hall–Kier alpha value is -1.85. The number of nitrogens with one attached hydrogen (secondary N) is 1. The van der Waals surface area contributed by atoms with Crippen LogP contribution in [0.3, 0.4) is 0 Å². The van der Waals surface area contributed by atoms with Crippen molar-refractivity contribution in [2.45, 2.75) is 33.2 Å². The summed E-state index contributed by atoms with van der Waals surface area (Å²) < 4.78 is 0. The van der Waals surface area contributed by atoms with Gasteiger partial charge in [-0.05, 0) is 49.5 Å². The average molecular weight is 369 g/mol. The molecule has 3 heterocycles. The Bertz CT molecular complexity index is 783. The van der Waals surface area contributed by atoms with Gasteiger partial charge >= 0.3 is 0 Å². The molecule has 0 radical (unpaired) electrons. The summed E-state index contributed by atoms with van der Waals surface area (Å²) in [6.45, 7) is 12.5. The zero-order chi connectivity index (χ0) is 18.8. The predicted molar refractivity (Wildman–Crippen MR) is 110 cm³/mol. The first-order valence-corrected chi connectivity index (χ1v) is 10.4. The normalized spacial score (nSPS) is 19.4. The molecule has 2 aromatic rings. The molecular formula is C22H32N4O. The second-order valence-corrected chi connectivity index (χ2v) is 8.51. The van der Waals surface area contributed by atoms with Crippen molar-refractivity contribution in [1.29, 1.82) is 0 Å². The SMILES string of the molecule is CC(C)CN1CCN(C(=O)c2cccc3[nH]cc(CN4CCCC4)c23)CC1. The van der Waals surface area contributed by atoms with Gasteiger partial charge in [0.15, 0.2) is 0 Å². The molecule has 1 N–H and O–H groups in total. The first kappa shape index (κ1) is 18.5. The number of fused-ring (bicyclic) bond motifs is 1. The van der Waals surface area contributed by atoms with Gasteiger partial charge in [-0.15, -0.1) is 0 Å². The van der Waals surface area contributed by atoms with Crippen molar-refractivity contribution in [3.05, 3.63) is 35.5 Å². The van der Waals surface area contributed by atoms with Crippen LogP contribution in [-0.4, -0.2) is 71.4 Å². The van der Waals surface area contributed by atoms with Crippen LogP contribution < -0.4 is 0 Å². The monoisotopic (exact) mass is 368 g/mol. The second kappa shape index (κ2) is 8.03. The first-order valence-electron chi connectivity index (χ1n) is 10.4. The fourth-order valence-electron chi connectivity index (χ4n) is 4.56. The van der Waals surface area contributed by atoms with Crippen molar-refractivity contribution >= 4 is 16.8 Å². The van der Waals surface area contributed by atoms with E-state index in [2.05, 4.69) is 40.9 Å². The molecule has 5 nitrogen and oxygen atoms in total. The Labute approximate surface area is 162 Å². The zero-order valence-corrected chi connectivity index (χ0v) is 16.7. The van der Waals surface area contributed by atoms with E-state index in [9.17, 15) is 4.79 Å². The molecule has 2 aliphatic heterocycles. The molecule has 0 spiro atoms. The van der Waals surface area contributed by atoms with Gasteiger partial charge in [-0.1, -0.05) is 19.9 Å². The molecule has 0 atom stereocenters. The summed E-state index contributed by atoms with van der Waals surface area (Å²) in [6.07, 6.45) is 4.67. The number of likely N-dealkylation sites (tertiary alicyclic amines) is 1. The minimum atomic E-state index is 0.187. The van der Waals surface area contributed by atoms with Gasteiger partial charge < -0.3 is 9.88 Å². The van der Waals surface area contributed by atoms with Crippen molar-refractivity contribution in [1.82, 2.24) is 19.7 Å². The fourth-order valence-corrected chi connectivity index (χ4v) is 4.56. The predicted octanol–water partition coefficient (Wildman–Crippen LogP) is 3.18. The van der Waals surface area contributed by atoms with Crippen LogP contribution in [0, 0.1) is 5.92 Å². The molecular weight excluding hydrogens is 336 g/mol. The fraction of sp³-hybridized carbons (Fsp3) is 0.591. The molecule has 0 saturated carbocycles. The highest BCUT2D eigenvalue weighted by Crippen LogP contribution is 2.26. The van der Waals surface area contributed by atoms with E-state index in [1.807, 2.05) is 17.0 Å². The third-order valence-electron chi connectivity index (χ3n) is 5.89. The van der Waals surface area contributed by atoms with Gasteiger partial charge in [-0.25, -0.2) is 0 Å². The Morgan fingerprint density at radius 2 is 1.78 bits per heavy atom. The number of hydrogen-bond acceptors (Lipinski definition) is 3. The largest absolute Gasteiger partial charge is 0.361 e. The maximum atomic E-state index is 13.3. The van der Waals surface area contributed by atoms with Gasteiger partial charge in [0.2, 0.25) is 0 Å². The summed E-state index contributed by atoms with van der Waals surface area (Å²) in [5, 5.41) is 1.12. The lowest BCUT2D eigenvalue weighted by molar-refractivity contribution is 0.0625. The topological polar surface area (TPSA) is 42.6 Å². The summed E-state index contributed by atoms with van der Waals surface area (Å²) in [4.78, 5) is 23.7. The molecule has 0 unspecified atom stereocenters. The number of hydrogen-bond donors (Lipinski definition) is 1. The maximum Gasteiger partial charge on any atom is 0.254 e. The summed E-state index contributed by atoms with van der Waals surface area (Å²) >= 11 is 0.